The summed E-state index contributed by atoms with van der Waals surface area (Å²) in [6.45, 7) is 0. The van der Waals surface area contributed by atoms with Gasteiger partial charge in [-0.3, -0.25) is 9.59 Å². The Hall–Kier alpha value is -1.10. The SMILES string of the molecule is O=C(O)C[C@H](NC1CCC1)C(=O)O. The summed E-state index contributed by atoms with van der Waals surface area (Å²) in [5.74, 6) is -2.17. The van der Waals surface area contributed by atoms with Crippen molar-refractivity contribution in [1.82, 2.24) is 5.32 Å². The molecule has 0 spiro atoms. The van der Waals surface area contributed by atoms with E-state index in [1.54, 1.807) is 0 Å². The van der Waals surface area contributed by atoms with Gasteiger partial charge in [0.05, 0.1) is 6.42 Å². The minimum atomic E-state index is -1.09. The third-order valence-electron chi connectivity index (χ3n) is 2.22. The van der Waals surface area contributed by atoms with E-state index < -0.39 is 18.0 Å². The maximum Gasteiger partial charge on any atom is 0.321 e. The van der Waals surface area contributed by atoms with Crippen LogP contribution in [0.3, 0.4) is 0 Å². The van der Waals surface area contributed by atoms with Gasteiger partial charge in [-0.05, 0) is 12.8 Å². The monoisotopic (exact) mass is 187 g/mol. The first-order valence-corrected chi connectivity index (χ1v) is 4.30. The highest BCUT2D eigenvalue weighted by atomic mass is 16.4. The van der Waals surface area contributed by atoms with Crippen LogP contribution >= 0.6 is 0 Å². The van der Waals surface area contributed by atoms with Gasteiger partial charge >= 0.3 is 11.9 Å². The zero-order valence-electron chi connectivity index (χ0n) is 7.19. The molecule has 5 heteroatoms. The van der Waals surface area contributed by atoms with Crippen molar-refractivity contribution in [3.8, 4) is 0 Å². The summed E-state index contributed by atoms with van der Waals surface area (Å²) >= 11 is 0. The van der Waals surface area contributed by atoms with E-state index in [0.717, 1.165) is 19.3 Å². The first-order valence-electron chi connectivity index (χ1n) is 4.30. The largest absolute Gasteiger partial charge is 0.481 e. The van der Waals surface area contributed by atoms with Gasteiger partial charge in [0.25, 0.3) is 0 Å². The lowest BCUT2D eigenvalue weighted by Crippen LogP contribution is -2.47. The van der Waals surface area contributed by atoms with Crippen molar-refractivity contribution in [2.24, 2.45) is 0 Å². The van der Waals surface area contributed by atoms with Crippen LogP contribution in [0.4, 0.5) is 0 Å². The van der Waals surface area contributed by atoms with Crippen LogP contribution in [0.15, 0.2) is 0 Å². The van der Waals surface area contributed by atoms with Crippen LogP contribution in [0.25, 0.3) is 0 Å². The highest BCUT2D eigenvalue weighted by Crippen LogP contribution is 2.19. The number of nitrogens with one attached hydrogen (secondary N) is 1. The Morgan fingerprint density at radius 3 is 2.31 bits per heavy atom. The standard InChI is InChI=1S/C8H13NO4/c10-7(11)4-6(8(12)13)9-5-2-1-3-5/h5-6,9H,1-4H2,(H,10,11)(H,12,13)/t6-/m0/s1. The summed E-state index contributed by atoms with van der Waals surface area (Å²) < 4.78 is 0. The fourth-order valence-corrected chi connectivity index (χ4v) is 1.25. The minimum absolute atomic E-state index is 0.195. The highest BCUT2D eigenvalue weighted by Gasteiger charge is 2.26. The first-order chi connectivity index (χ1) is 6.09. The Kier molecular flexibility index (Phi) is 3.25. The summed E-state index contributed by atoms with van der Waals surface area (Å²) in [6.07, 6.45) is 2.63. The third-order valence-corrected chi connectivity index (χ3v) is 2.22. The lowest BCUT2D eigenvalue weighted by molar-refractivity contribution is -0.146. The average Bonchev–Trinajstić information content (AvgIpc) is 1.92. The maximum absolute atomic E-state index is 10.6. The van der Waals surface area contributed by atoms with Gasteiger partial charge in [-0.15, -0.1) is 0 Å². The van der Waals surface area contributed by atoms with Crippen molar-refractivity contribution in [3.05, 3.63) is 0 Å². The van der Waals surface area contributed by atoms with Gasteiger partial charge < -0.3 is 15.5 Å². The van der Waals surface area contributed by atoms with Crippen molar-refractivity contribution >= 4 is 11.9 Å². The zero-order chi connectivity index (χ0) is 9.84. The quantitative estimate of drug-likeness (QED) is 0.566. The molecule has 0 heterocycles. The van der Waals surface area contributed by atoms with Crippen molar-refractivity contribution in [2.45, 2.75) is 37.8 Å². The van der Waals surface area contributed by atoms with Gasteiger partial charge in [-0.25, -0.2) is 0 Å². The van der Waals surface area contributed by atoms with Crippen LogP contribution in [0.2, 0.25) is 0 Å². The molecule has 0 aliphatic heterocycles. The van der Waals surface area contributed by atoms with E-state index in [1.807, 2.05) is 0 Å². The van der Waals surface area contributed by atoms with Crippen LogP contribution in [0.1, 0.15) is 25.7 Å². The number of aliphatic carboxylic acids is 2. The fourth-order valence-electron chi connectivity index (χ4n) is 1.25. The van der Waals surface area contributed by atoms with E-state index in [1.165, 1.54) is 0 Å². The Bertz CT molecular complexity index is 212. The summed E-state index contributed by atoms with van der Waals surface area (Å²) in [4.78, 5) is 20.9. The molecule has 1 saturated carbocycles. The first kappa shape index (κ1) is 9.98. The van der Waals surface area contributed by atoms with Gasteiger partial charge in [0.2, 0.25) is 0 Å². The summed E-state index contributed by atoms with van der Waals surface area (Å²) in [6, 6.07) is -0.747. The van der Waals surface area contributed by atoms with Crippen molar-refractivity contribution < 1.29 is 19.8 Å². The third kappa shape index (κ3) is 3.02. The molecule has 74 valence electrons. The van der Waals surface area contributed by atoms with E-state index in [2.05, 4.69) is 5.32 Å². The van der Waals surface area contributed by atoms with Crippen LogP contribution in [-0.4, -0.2) is 34.2 Å². The smallest absolute Gasteiger partial charge is 0.321 e. The molecule has 1 aliphatic rings. The molecule has 0 bridgehead atoms. The van der Waals surface area contributed by atoms with Crippen LogP contribution in [0, 0.1) is 0 Å². The molecule has 0 aromatic heterocycles. The highest BCUT2D eigenvalue weighted by molar-refractivity contribution is 5.80. The predicted molar refractivity (Wildman–Crippen MR) is 44.5 cm³/mol. The molecular weight excluding hydrogens is 174 g/mol. The summed E-state index contributed by atoms with van der Waals surface area (Å²) in [7, 11) is 0. The second-order valence-electron chi connectivity index (χ2n) is 3.28. The molecule has 1 rings (SSSR count). The van der Waals surface area contributed by atoms with Gasteiger partial charge in [0.15, 0.2) is 0 Å². The molecule has 0 unspecified atom stereocenters. The predicted octanol–water partition coefficient (Wildman–Crippen LogP) is 0.0564. The number of carbonyl (C=O) groups is 2. The van der Waals surface area contributed by atoms with E-state index in [4.69, 9.17) is 10.2 Å². The van der Waals surface area contributed by atoms with E-state index in [9.17, 15) is 9.59 Å². The van der Waals surface area contributed by atoms with Gasteiger partial charge in [0, 0.05) is 6.04 Å². The lowest BCUT2D eigenvalue weighted by atomic mass is 9.92. The Morgan fingerprint density at radius 1 is 1.38 bits per heavy atom. The number of carboxylic acid groups (broad SMARTS) is 2. The summed E-state index contributed by atoms with van der Waals surface area (Å²) in [5, 5.41) is 19.9. The second kappa shape index (κ2) is 4.23. The fraction of sp³-hybridized carbons (Fsp3) is 0.750. The number of hydrogen-bond acceptors (Lipinski definition) is 3. The Labute approximate surface area is 75.7 Å². The molecule has 13 heavy (non-hydrogen) atoms. The topological polar surface area (TPSA) is 86.6 Å². The van der Waals surface area contributed by atoms with E-state index in [0.29, 0.717) is 0 Å². The van der Waals surface area contributed by atoms with Crippen LogP contribution in [0.5, 0.6) is 0 Å². The normalized spacial score (nSPS) is 19.1. The molecule has 1 atom stereocenters. The number of rotatable bonds is 5. The minimum Gasteiger partial charge on any atom is -0.481 e. The van der Waals surface area contributed by atoms with Gasteiger partial charge in [-0.1, -0.05) is 6.42 Å². The molecule has 1 aliphatic carbocycles. The van der Waals surface area contributed by atoms with E-state index in [-0.39, 0.29) is 12.5 Å². The lowest BCUT2D eigenvalue weighted by Gasteiger charge is -2.29. The maximum atomic E-state index is 10.6. The van der Waals surface area contributed by atoms with Crippen LogP contribution in [-0.2, 0) is 9.59 Å². The van der Waals surface area contributed by atoms with Gasteiger partial charge in [-0.2, -0.15) is 0 Å². The molecule has 0 aromatic rings. The van der Waals surface area contributed by atoms with E-state index >= 15 is 0 Å². The molecule has 1 fully saturated rings. The van der Waals surface area contributed by atoms with Crippen molar-refractivity contribution in [3.63, 3.8) is 0 Å². The molecule has 5 nitrogen and oxygen atoms in total. The molecule has 0 saturated heterocycles. The molecule has 0 aromatic carbocycles. The van der Waals surface area contributed by atoms with Crippen molar-refractivity contribution in [1.29, 1.82) is 0 Å². The molecule has 0 amide bonds. The molecule has 0 radical (unpaired) electrons. The van der Waals surface area contributed by atoms with Crippen LogP contribution < -0.4 is 5.32 Å². The average molecular weight is 187 g/mol. The Balaban J connectivity index is 2.36. The summed E-state index contributed by atoms with van der Waals surface area (Å²) in [5.41, 5.74) is 0. The van der Waals surface area contributed by atoms with Crippen molar-refractivity contribution in [2.75, 3.05) is 0 Å². The Morgan fingerprint density at radius 2 is 2.00 bits per heavy atom. The number of hydrogen-bond donors (Lipinski definition) is 3. The van der Waals surface area contributed by atoms with Gasteiger partial charge in [0.1, 0.15) is 6.04 Å². The molecular formula is C8H13NO4. The molecule has 3 N–H and O–H groups in total. The zero-order valence-corrected chi connectivity index (χ0v) is 7.19. The number of carboxylic acids is 2. The second-order valence-corrected chi connectivity index (χ2v) is 3.28.